The molecule has 0 radical (unpaired) electrons. The number of sulfonamides is 1. The second kappa shape index (κ2) is 7.20. The van der Waals surface area contributed by atoms with Gasteiger partial charge in [-0.3, -0.25) is 4.79 Å². The minimum atomic E-state index is -3.57. The number of aryl methyl sites for hydroxylation is 1. The maximum Gasteiger partial charge on any atom is 0.262 e. The monoisotopic (exact) mass is 356 g/mol. The minimum Gasteiger partial charge on any atom is -0.378 e. The fraction of sp³-hybridized carbons (Fsp3) is 0.733. The Kier molecular flexibility index (Phi) is 5.21. The van der Waals surface area contributed by atoms with E-state index < -0.39 is 10.0 Å². The Hall–Kier alpha value is -1.45. The molecule has 0 atom stereocenters. The van der Waals surface area contributed by atoms with Crippen LogP contribution in [0.2, 0.25) is 0 Å². The summed E-state index contributed by atoms with van der Waals surface area (Å²) >= 11 is 0. The van der Waals surface area contributed by atoms with Gasteiger partial charge in [-0.05, 0) is 19.8 Å². The molecule has 0 N–H and O–H groups in total. The van der Waals surface area contributed by atoms with Crippen LogP contribution in [0, 0.1) is 5.92 Å². The van der Waals surface area contributed by atoms with Gasteiger partial charge in [0.05, 0.1) is 19.5 Å². The van der Waals surface area contributed by atoms with Crippen LogP contribution in [0.4, 0.5) is 0 Å². The Morgan fingerprint density at radius 2 is 1.92 bits per heavy atom. The summed E-state index contributed by atoms with van der Waals surface area (Å²) in [5.41, 5.74) is 0. The molecule has 3 rings (SSSR count). The fourth-order valence-corrected chi connectivity index (χ4v) is 4.57. The first kappa shape index (κ1) is 17.4. The third-order valence-corrected chi connectivity index (χ3v) is 6.49. The van der Waals surface area contributed by atoms with Crippen LogP contribution >= 0.6 is 0 Å². The number of hydrogen-bond donors (Lipinski definition) is 0. The molecule has 0 aromatic carbocycles. The van der Waals surface area contributed by atoms with E-state index in [2.05, 4.69) is 4.98 Å². The molecule has 0 spiro atoms. The maximum absolute atomic E-state index is 12.6. The molecule has 2 saturated heterocycles. The van der Waals surface area contributed by atoms with E-state index in [1.54, 1.807) is 10.8 Å². The first-order valence-corrected chi connectivity index (χ1v) is 9.85. The van der Waals surface area contributed by atoms with Crippen LogP contribution in [0.1, 0.15) is 19.8 Å². The summed E-state index contributed by atoms with van der Waals surface area (Å²) in [4.78, 5) is 18.3. The number of carbonyl (C=O) groups excluding carboxylic acids is 1. The smallest absolute Gasteiger partial charge is 0.262 e. The van der Waals surface area contributed by atoms with Gasteiger partial charge in [0.2, 0.25) is 5.91 Å². The van der Waals surface area contributed by atoms with Crippen LogP contribution < -0.4 is 0 Å². The van der Waals surface area contributed by atoms with Crippen LogP contribution in [0.3, 0.4) is 0 Å². The Labute approximate surface area is 142 Å². The molecule has 0 aliphatic carbocycles. The number of hydrogen-bond acceptors (Lipinski definition) is 5. The predicted molar refractivity (Wildman–Crippen MR) is 86.8 cm³/mol. The van der Waals surface area contributed by atoms with Crippen molar-refractivity contribution in [2.75, 3.05) is 39.4 Å². The molecule has 2 fully saturated rings. The van der Waals surface area contributed by atoms with Gasteiger partial charge in [-0.15, -0.1) is 0 Å². The first-order valence-electron chi connectivity index (χ1n) is 8.41. The zero-order valence-corrected chi connectivity index (χ0v) is 14.7. The second-order valence-corrected chi connectivity index (χ2v) is 8.04. The van der Waals surface area contributed by atoms with Crippen molar-refractivity contribution in [1.82, 2.24) is 18.8 Å². The molecule has 1 aromatic rings. The van der Waals surface area contributed by atoms with Crippen molar-refractivity contribution in [1.29, 1.82) is 0 Å². The minimum absolute atomic E-state index is 0.0855. The third kappa shape index (κ3) is 3.47. The molecule has 24 heavy (non-hydrogen) atoms. The molecule has 1 aromatic heterocycles. The van der Waals surface area contributed by atoms with Crippen LogP contribution in [0.25, 0.3) is 0 Å². The van der Waals surface area contributed by atoms with Gasteiger partial charge in [-0.1, -0.05) is 0 Å². The first-order chi connectivity index (χ1) is 11.5. The summed E-state index contributed by atoms with van der Waals surface area (Å²) < 4.78 is 33.7. The standard InChI is InChI=1S/C15H24N4O4S/c1-2-17-11-14(16-12-17)24(21,22)19-5-3-13(4-6-19)15(20)18-7-9-23-10-8-18/h11-13H,2-10H2,1H3. The highest BCUT2D eigenvalue weighted by Crippen LogP contribution is 2.24. The predicted octanol–water partition coefficient (Wildman–Crippen LogP) is 0.163. The SMILES string of the molecule is CCn1cnc(S(=O)(=O)N2CCC(C(=O)N3CCOCC3)CC2)c1. The molecule has 8 nitrogen and oxygen atoms in total. The lowest BCUT2D eigenvalue weighted by atomic mass is 9.96. The zero-order chi connectivity index (χ0) is 17.2. The van der Waals surface area contributed by atoms with Crippen LogP contribution in [0.15, 0.2) is 17.6 Å². The number of morpholine rings is 1. The molecular weight excluding hydrogens is 332 g/mol. The zero-order valence-electron chi connectivity index (χ0n) is 13.9. The van der Waals surface area contributed by atoms with Gasteiger partial charge in [-0.25, -0.2) is 13.4 Å². The largest absolute Gasteiger partial charge is 0.378 e. The Balaban J connectivity index is 1.60. The van der Waals surface area contributed by atoms with Crippen molar-refractivity contribution in [2.45, 2.75) is 31.3 Å². The summed E-state index contributed by atoms with van der Waals surface area (Å²) in [5.74, 6) is 0.0355. The third-order valence-electron chi connectivity index (χ3n) is 4.70. The van der Waals surface area contributed by atoms with E-state index >= 15 is 0 Å². The van der Waals surface area contributed by atoms with Crippen LogP contribution in [-0.2, 0) is 26.1 Å². The van der Waals surface area contributed by atoms with E-state index in [0.717, 1.165) is 0 Å². The van der Waals surface area contributed by atoms with E-state index in [1.165, 1.54) is 10.6 Å². The maximum atomic E-state index is 12.6. The van der Waals surface area contributed by atoms with Gasteiger partial charge in [0, 0.05) is 44.8 Å². The van der Waals surface area contributed by atoms with Crippen molar-refractivity contribution < 1.29 is 17.9 Å². The summed E-state index contributed by atoms with van der Waals surface area (Å²) in [6, 6.07) is 0. The molecular formula is C15H24N4O4S. The lowest BCUT2D eigenvalue weighted by molar-refractivity contribution is -0.140. The van der Waals surface area contributed by atoms with E-state index in [0.29, 0.717) is 58.8 Å². The quantitative estimate of drug-likeness (QED) is 0.767. The Bertz CT molecular complexity index is 673. The number of carbonyl (C=O) groups is 1. The lowest BCUT2D eigenvalue weighted by Crippen LogP contribution is -2.47. The van der Waals surface area contributed by atoms with Gasteiger partial charge in [0.1, 0.15) is 0 Å². The topological polar surface area (TPSA) is 84.7 Å². The lowest BCUT2D eigenvalue weighted by Gasteiger charge is -2.34. The molecule has 1 amide bonds. The molecule has 0 bridgehead atoms. The fourth-order valence-electron chi connectivity index (χ4n) is 3.16. The molecule has 3 heterocycles. The van der Waals surface area contributed by atoms with Gasteiger partial charge >= 0.3 is 0 Å². The van der Waals surface area contributed by atoms with Gasteiger partial charge in [0.25, 0.3) is 10.0 Å². The number of amides is 1. The van der Waals surface area contributed by atoms with E-state index in [-0.39, 0.29) is 16.9 Å². The number of ether oxygens (including phenoxy) is 1. The van der Waals surface area contributed by atoms with Crippen LogP contribution in [-0.4, -0.2) is 72.5 Å². The van der Waals surface area contributed by atoms with Gasteiger partial charge < -0.3 is 14.2 Å². The van der Waals surface area contributed by atoms with Crippen molar-refractivity contribution >= 4 is 15.9 Å². The van der Waals surface area contributed by atoms with Crippen molar-refractivity contribution in [2.24, 2.45) is 5.92 Å². The summed E-state index contributed by atoms with van der Waals surface area (Å²) in [7, 11) is -3.57. The average Bonchev–Trinajstić information content (AvgIpc) is 3.12. The Morgan fingerprint density at radius 3 is 2.50 bits per heavy atom. The van der Waals surface area contributed by atoms with Gasteiger partial charge in [-0.2, -0.15) is 4.31 Å². The molecule has 2 aliphatic heterocycles. The summed E-state index contributed by atoms with van der Waals surface area (Å²) in [5, 5.41) is 0.0855. The molecule has 2 aliphatic rings. The molecule has 0 saturated carbocycles. The Morgan fingerprint density at radius 1 is 1.25 bits per heavy atom. The van der Waals surface area contributed by atoms with Crippen molar-refractivity contribution in [3.05, 3.63) is 12.5 Å². The highest BCUT2D eigenvalue weighted by molar-refractivity contribution is 7.89. The van der Waals surface area contributed by atoms with Gasteiger partial charge in [0.15, 0.2) is 5.03 Å². The highest BCUT2D eigenvalue weighted by atomic mass is 32.2. The number of piperidine rings is 1. The molecule has 134 valence electrons. The number of aromatic nitrogens is 2. The van der Waals surface area contributed by atoms with E-state index in [1.807, 2.05) is 11.8 Å². The number of rotatable bonds is 4. The number of nitrogens with zero attached hydrogens (tertiary/aromatic N) is 4. The normalized spacial score (nSPS) is 21.1. The number of imidazole rings is 1. The summed E-state index contributed by atoms with van der Waals surface area (Å²) in [6.45, 7) is 5.76. The molecule has 9 heteroatoms. The van der Waals surface area contributed by atoms with E-state index in [9.17, 15) is 13.2 Å². The van der Waals surface area contributed by atoms with Crippen LogP contribution in [0.5, 0.6) is 0 Å². The summed E-state index contributed by atoms with van der Waals surface area (Å²) in [6.07, 6.45) is 4.20. The second-order valence-electron chi connectivity index (χ2n) is 6.16. The molecule has 0 unspecified atom stereocenters. The van der Waals surface area contributed by atoms with Crippen molar-refractivity contribution in [3.63, 3.8) is 0 Å². The average molecular weight is 356 g/mol. The van der Waals surface area contributed by atoms with E-state index in [4.69, 9.17) is 4.74 Å². The highest BCUT2D eigenvalue weighted by Gasteiger charge is 2.35. The van der Waals surface area contributed by atoms with Crippen molar-refractivity contribution in [3.8, 4) is 0 Å².